The SMILES string of the molecule is CCC(C)C(C1C=CC=C1)C1C=CC=C1. The molecule has 0 heteroatoms. The molecular weight excluding hydrogens is 180 g/mol. The minimum absolute atomic E-state index is 0.636. The van der Waals surface area contributed by atoms with Gasteiger partial charge in [0, 0.05) is 0 Å². The molecule has 0 saturated heterocycles. The molecule has 0 bridgehead atoms. The topological polar surface area (TPSA) is 0 Å². The normalized spacial score (nSPS) is 22.3. The molecule has 0 nitrogen and oxygen atoms in total. The van der Waals surface area contributed by atoms with Crippen LogP contribution in [0, 0.1) is 23.7 Å². The predicted molar refractivity (Wildman–Crippen MR) is 66.5 cm³/mol. The fraction of sp³-hybridized carbons (Fsp3) is 0.467. The summed E-state index contributed by atoms with van der Waals surface area (Å²) >= 11 is 0. The van der Waals surface area contributed by atoms with Gasteiger partial charge in [-0.05, 0) is 23.7 Å². The molecule has 0 spiro atoms. The van der Waals surface area contributed by atoms with Gasteiger partial charge in [-0.25, -0.2) is 0 Å². The zero-order valence-electron chi connectivity index (χ0n) is 9.64. The van der Waals surface area contributed by atoms with Crippen molar-refractivity contribution >= 4 is 0 Å². The molecule has 0 N–H and O–H groups in total. The molecule has 0 radical (unpaired) electrons. The van der Waals surface area contributed by atoms with Crippen LogP contribution in [0.1, 0.15) is 20.3 Å². The molecular formula is C15H20. The highest BCUT2D eigenvalue weighted by Gasteiger charge is 2.29. The maximum atomic E-state index is 2.38. The van der Waals surface area contributed by atoms with E-state index in [1.807, 2.05) is 0 Å². The minimum atomic E-state index is 0.636. The van der Waals surface area contributed by atoms with Crippen molar-refractivity contribution in [3.63, 3.8) is 0 Å². The zero-order valence-corrected chi connectivity index (χ0v) is 9.64. The number of rotatable bonds is 4. The first kappa shape index (κ1) is 10.5. The summed E-state index contributed by atoms with van der Waals surface area (Å²) in [6.45, 7) is 4.67. The third-order valence-electron chi connectivity index (χ3n) is 3.75. The maximum Gasteiger partial charge on any atom is -0.000780 e. The quantitative estimate of drug-likeness (QED) is 0.640. The zero-order chi connectivity index (χ0) is 10.7. The van der Waals surface area contributed by atoms with Crippen LogP contribution in [0.3, 0.4) is 0 Å². The lowest BCUT2D eigenvalue weighted by Crippen LogP contribution is -2.24. The first-order chi connectivity index (χ1) is 7.33. The van der Waals surface area contributed by atoms with Crippen molar-refractivity contribution in [1.29, 1.82) is 0 Å². The Morgan fingerprint density at radius 1 is 0.867 bits per heavy atom. The first-order valence-corrected chi connectivity index (χ1v) is 6.03. The fourth-order valence-electron chi connectivity index (χ4n) is 2.70. The summed E-state index contributed by atoms with van der Waals surface area (Å²) < 4.78 is 0. The van der Waals surface area contributed by atoms with Crippen LogP contribution in [0.2, 0.25) is 0 Å². The van der Waals surface area contributed by atoms with Crippen LogP contribution < -0.4 is 0 Å². The molecule has 0 aromatic rings. The summed E-state index contributed by atoms with van der Waals surface area (Å²) in [6.07, 6.45) is 19.4. The Morgan fingerprint density at radius 2 is 1.27 bits per heavy atom. The van der Waals surface area contributed by atoms with Gasteiger partial charge in [-0.15, -0.1) is 0 Å². The van der Waals surface area contributed by atoms with E-state index < -0.39 is 0 Å². The minimum Gasteiger partial charge on any atom is -0.0773 e. The lowest BCUT2D eigenvalue weighted by atomic mass is 9.74. The van der Waals surface area contributed by atoms with Crippen molar-refractivity contribution in [3.8, 4) is 0 Å². The van der Waals surface area contributed by atoms with Gasteiger partial charge in [0.05, 0.1) is 0 Å². The van der Waals surface area contributed by atoms with Crippen molar-refractivity contribution < 1.29 is 0 Å². The second kappa shape index (κ2) is 4.65. The molecule has 0 saturated carbocycles. The Morgan fingerprint density at radius 3 is 1.60 bits per heavy atom. The molecule has 15 heavy (non-hydrogen) atoms. The van der Waals surface area contributed by atoms with Gasteiger partial charge in [0.25, 0.3) is 0 Å². The van der Waals surface area contributed by atoms with Crippen molar-refractivity contribution in [2.75, 3.05) is 0 Å². The van der Waals surface area contributed by atoms with E-state index in [-0.39, 0.29) is 0 Å². The summed E-state index contributed by atoms with van der Waals surface area (Å²) in [6, 6.07) is 0. The van der Waals surface area contributed by atoms with Gasteiger partial charge in [0.15, 0.2) is 0 Å². The Hall–Kier alpha value is -1.04. The van der Waals surface area contributed by atoms with E-state index in [1.54, 1.807) is 0 Å². The first-order valence-electron chi connectivity index (χ1n) is 6.03. The van der Waals surface area contributed by atoms with Crippen LogP contribution in [0.25, 0.3) is 0 Å². The van der Waals surface area contributed by atoms with Crippen molar-refractivity contribution in [2.45, 2.75) is 20.3 Å². The standard InChI is InChI=1S/C15H20/c1-3-12(2)15(13-8-4-5-9-13)14-10-6-7-11-14/h4-15H,3H2,1-2H3. The molecule has 0 aromatic heterocycles. The van der Waals surface area contributed by atoms with E-state index in [1.165, 1.54) is 6.42 Å². The number of allylic oxidation sites excluding steroid dienone is 8. The highest BCUT2D eigenvalue weighted by molar-refractivity contribution is 5.25. The summed E-state index contributed by atoms with van der Waals surface area (Å²) in [5.74, 6) is 2.79. The van der Waals surface area contributed by atoms with E-state index in [2.05, 4.69) is 62.5 Å². The van der Waals surface area contributed by atoms with Gasteiger partial charge >= 0.3 is 0 Å². The Balaban J connectivity index is 2.15. The van der Waals surface area contributed by atoms with Gasteiger partial charge in [0.1, 0.15) is 0 Å². The van der Waals surface area contributed by atoms with E-state index in [0.717, 1.165) is 11.8 Å². The third kappa shape index (κ3) is 2.14. The van der Waals surface area contributed by atoms with Crippen molar-refractivity contribution in [1.82, 2.24) is 0 Å². The van der Waals surface area contributed by atoms with Gasteiger partial charge < -0.3 is 0 Å². The summed E-state index contributed by atoms with van der Waals surface area (Å²) in [4.78, 5) is 0. The smallest absolute Gasteiger partial charge is 0.000780 e. The van der Waals surface area contributed by atoms with Gasteiger partial charge in [-0.2, -0.15) is 0 Å². The molecule has 2 rings (SSSR count). The number of hydrogen-bond acceptors (Lipinski definition) is 0. The molecule has 0 fully saturated rings. The van der Waals surface area contributed by atoms with Crippen LogP contribution in [-0.4, -0.2) is 0 Å². The summed E-state index contributed by atoms with van der Waals surface area (Å²) in [5, 5.41) is 0. The van der Waals surface area contributed by atoms with Gasteiger partial charge in [-0.1, -0.05) is 68.9 Å². The molecule has 0 aliphatic heterocycles. The van der Waals surface area contributed by atoms with Crippen molar-refractivity contribution in [3.05, 3.63) is 48.6 Å². The van der Waals surface area contributed by atoms with Gasteiger partial charge in [0.2, 0.25) is 0 Å². The molecule has 0 aromatic carbocycles. The average Bonchev–Trinajstić information content (AvgIpc) is 2.90. The molecule has 2 aliphatic rings. The van der Waals surface area contributed by atoms with Crippen LogP contribution >= 0.6 is 0 Å². The second-order valence-electron chi connectivity index (χ2n) is 4.66. The summed E-state index contributed by atoms with van der Waals surface area (Å²) in [5.41, 5.74) is 0. The van der Waals surface area contributed by atoms with Gasteiger partial charge in [-0.3, -0.25) is 0 Å². The Labute approximate surface area is 93.1 Å². The summed E-state index contributed by atoms with van der Waals surface area (Å²) in [7, 11) is 0. The molecule has 0 heterocycles. The lowest BCUT2D eigenvalue weighted by molar-refractivity contribution is 0.266. The average molecular weight is 200 g/mol. The third-order valence-corrected chi connectivity index (χ3v) is 3.75. The molecule has 1 unspecified atom stereocenters. The molecule has 80 valence electrons. The fourth-order valence-corrected chi connectivity index (χ4v) is 2.70. The van der Waals surface area contributed by atoms with Crippen LogP contribution in [0.5, 0.6) is 0 Å². The van der Waals surface area contributed by atoms with Crippen LogP contribution in [-0.2, 0) is 0 Å². The van der Waals surface area contributed by atoms with Crippen LogP contribution in [0.15, 0.2) is 48.6 Å². The lowest BCUT2D eigenvalue weighted by Gasteiger charge is -2.30. The molecule has 1 atom stereocenters. The second-order valence-corrected chi connectivity index (χ2v) is 4.66. The van der Waals surface area contributed by atoms with E-state index >= 15 is 0 Å². The Kier molecular flexibility index (Phi) is 3.25. The highest BCUT2D eigenvalue weighted by atomic mass is 14.3. The van der Waals surface area contributed by atoms with E-state index in [0.29, 0.717) is 11.8 Å². The Bertz CT molecular complexity index is 265. The largest absolute Gasteiger partial charge is 0.0773 e. The maximum absolute atomic E-state index is 2.38. The van der Waals surface area contributed by atoms with E-state index in [4.69, 9.17) is 0 Å². The predicted octanol–water partition coefficient (Wildman–Crippen LogP) is 4.13. The van der Waals surface area contributed by atoms with Crippen molar-refractivity contribution in [2.24, 2.45) is 23.7 Å². The molecule has 2 aliphatic carbocycles. The number of hydrogen-bond donors (Lipinski definition) is 0. The molecule has 0 amide bonds. The van der Waals surface area contributed by atoms with Crippen LogP contribution in [0.4, 0.5) is 0 Å². The highest BCUT2D eigenvalue weighted by Crippen LogP contribution is 2.37. The monoisotopic (exact) mass is 200 g/mol. The van der Waals surface area contributed by atoms with E-state index in [9.17, 15) is 0 Å².